The van der Waals surface area contributed by atoms with Crippen LogP contribution in [0, 0.1) is 0 Å². The largest absolute Gasteiger partial charge is 0.340 e. The van der Waals surface area contributed by atoms with E-state index in [1.165, 1.54) is 6.33 Å². The van der Waals surface area contributed by atoms with Crippen molar-refractivity contribution in [3.8, 4) is 0 Å². The van der Waals surface area contributed by atoms with Crippen molar-refractivity contribution >= 4 is 39.0 Å². The average molecular weight is 397 g/mol. The maximum atomic E-state index is 12.8. The highest BCUT2D eigenvalue weighted by Gasteiger charge is 2.17. The fraction of sp³-hybridized carbons (Fsp3) is 0.105. The van der Waals surface area contributed by atoms with Crippen LogP contribution >= 0.6 is 15.9 Å². The number of para-hydroxylation sites is 1. The normalized spacial score (nSPS) is 10.3. The minimum absolute atomic E-state index is 0.157. The van der Waals surface area contributed by atoms with Gasteiger partial charge < -0.3 is 10.2 Å². The molecule has 0 aliphatic rings. The molecule has 0 bridgehead atoms. The van der Waals surface area contributed by atoms with E-state index in [-0.39, 0.29) is 5.91 Å². The molecule has 0 unspecified atom stereocenters. The molecule has 0 radical (unpaired) electrons. The van der Waals surface area contributed by atoms with Crippen LogP contribution in [-0.2, 0) is 0 Å². The van der Waals surface area contributed by atoms with Crippen LogP contribution in [0.1, 0.15) is 17.4 Å². The number of carbonyl (C=O) groups is 1. The Labute approximate surface area is 154 Å². The lowest BCUT2D eigenvalue weighted by Gasteiger charge is -2.20. The van der Waals surface area contributed by atoms with Crippen LogP contribution in [0.15, 0.2) is 71.5 Å². The summed E-state index contributed by atoms with van der Waals surface area (Å²) >= 11 is 3.40. The van der Waals surface area contributed by atoms with Gasteiger partial charge in [-0.25, -0.2) is 9.97 Å². The molecule has 0 fully saturated rings. The molecule has 25 heavy (non-hydrogen) atoms. The van der Waals surface area contributed by atoms with Crippen molar-refractivity contribution < 1.29 is 4.79 Å². The molecule has 0 atom stereocenters. The summed E-state index contributed by atoms with van der Waals surface area (Å²) in [6.45, 7) is 2.50. The number of anilines is 3. The lowest BCUT2D eigenvalue weighted by Crippen LogP contribution is -2.31. The molecule has 0 saturated heterocycles. The van der Waals surface area contributed by atoms with Crippen LogP contribution in [0.3, 0.4) is 0 Å². The maximum Gasteiger partial charge on any atom is 0.277 e. The summed E-state index contributed by atoms with van der Waals surface area (Å²) in [6, 6.07) is 18.9. The quantitative estimate of drug-likeness (QED) is 0.681. The fourth-order valence-electron chi connectivity index (χ4n) is 2.41. The van der Waals surface area contributed by atoms with E-state index < -0.39 is 0 Å². The summed E-state index contributed by atoms with van der Waals surface area (Å²) in [7, 11) is 0. The Morgan fingerprint density at radius 1 is 1.08 bits per heavy atom. The van der Waals surface area contributed by atoms with Gasteiger partial charge in [0.25, 0.3) is 5.91 Å². The van der Waals surface area contributed by atoms with Crippen LogP contribution in [0.2, 0.25) is 0 Å². The van der Waals surface area contributed by atoms with Crippen LogP contribution < -0.4 is 10.2 Å². The molecule has 3 rings (SSSR count). The first kappa shape index (κ1) is 17.1. The van der Waals surface area contributed by atoms with Crippen LogP contribution in [0.4, 0.5) is 17.2 Å². The monoisotopic (exact) mass is 396 g/mol. The highest BCUT2D eigenvalue weighted by atomic mass is 79.9. The van der Waals surface area contributed by atoms with E-state index >= 15 is 0 Å². The summed E-state index contributed by atoms with van der Waals surface area (Å²) in [5.74, 6) is 0.416. The Hall–Kier alpha value is -2.73. The van der Waals surface area contributed by atoms with Gasteiger partial charge in [-0.05, 0) is 43.3 Å². The molecule has 126 valence electrons. The van der Waals surface area contributed by atoms with Crippen molar-refractivity contribution in [2.24, 2.45) is 0 Å². The standard InChI is InChI=1S/C19H17BrN4O/c1-2-24(16-6-4-3-5-7-16)19(25)17-12-18(22-13-21-17)23-15-10-8-14(20)9-11-15/h3-13H,2H2,1H3,(H,21,22,23). The van der Waals surface area contributed by atoms with Gasteiger partial charge in [-0.3, -0.25) is 4.79 Å². The van der Waals surface area contributed by atoms with E-state index in [1.807, 2.05) is 61.5 Å². The van der Waals surface area contributed by atoms with Gasteiger partial charge in [-0.2, -0.15) is 0 Å². The van der Waals surface area contributed by atoms with Crippen molar-refractivity contribution in [1.29, 1.82) is 0 Å². The lowest BCUT2D eigenvalue weighted by molar-refractivity contribution is 0.0983. The Bertz CT molecular complexity index is 853. The number of nitrogens with zero attached hydrogens (tertiary/aromatic N) is 3. The SMILES string of the molecule is CCN(C(=O)c1cc(Nc2ccc(Br)cc2)ncn1)c1ccccc1. The van der Waals surface area contributed by atoms with Gasteiger partial charge in [0.2, 0.25) is 0 Å². The highest BCUT2D eigenvalue weighted by Crippen LogP contribution is 2.20. The van der Waals surface area contributed by atoms with Crippen LogP contribution in [-0.4, -0.2) is 22.4 Å². The summed E-state index contributed by atoms with van der Waals surface area (Å²) in [5, 5.41) is 3.18. The first-order valence-electron chi connectivity index (χ1n) is 7.89. The fourth-order valence-corrected chi connectivity index (χ4v) is 2.68. The number of aromatic nitrogens is 2. The Morgan fingerprint density at radius 2 is 1.80 bits per heavy atom. The summed E-state index contributed by atoms with van der Waals surface area (Å²) in [5.41, 5.74) is 2.08. The van der Waals surface area contributed by atoms with E-state index in [1.54, 1.807) is 11.0 Å². The molecule has 5 nitrogen and oxygen atoms in total. The van der Waals surface area contributed by atoms with Crippen LogP contribution in [0.25, 0.3) is 0 Å². The second kappa shape index (κ2) is 7.90. The molecule has 3 aromatic rings. The van der Waals surface area contributed by atoms with E-state index in [4.69, 9.17) is 0 Å². The molecule has 1 N–H and O–H groups in total. The molecule has 1 heterocycles. The first-order valence-corrected chi connectivity index (χ1v) is 8.68. The third kappa shape index (κ3) is 4.22. The van der Waals surface area contributed by atoms with E-state index in [0.717, 1.165) is 15.8 Å². The smallest absolute Gasteiger partial charge is 0.277 e. The van der Waals surface area contributed by atoms with Crippen LogP contribution in [0.5, 0.6) is 0 Å². The first-order chi connectivity index (χ1) is 12.2. The van der Waals surface area contributed by atoms with Crippen molar-refractivity contribution in [3.05, 3.63) is 77.2 Å². The summed E-state index contributed by atoms with van der Waals surface area (Å²) in [4.78, 5) is 22.8. The Morgan fingerprint density at radius 3 is 2.48 bits per heavy atom. The lowest BCUT2D eigenvalue weighted by atomic mass is 10.2. The molecular weight excluding hydrogens is 380 g/mol. The number of hydrogen-bond acceptors (Lipinski definition) is 4. The van der Waals surface area contributed by atoms with Crippen molar-refractivity contribution in [2.45, 2.75) is 6.92 Å². The van der Waals surface area contributed by atoms with Gasteiger partial charge in [0.15, 0.2) is 0 Å². The van der Waals surface area contributed by atoms with Gasteiger partial charge in [0.05, 0.1) is 0 Å². The van der Waals surface area contributed by atoms with E-state index in [2.05, 4.69) is 31.2 Å². The second-order valence-corrected chi connectivity index (χ2v) is 6.22. The van der Waals surface area contributed by atoms with Crippen molar-refractivity contribution in [2.75, 3.05) is 16.8 Å². The molecule has 1 amide bonds. The van der Waals surface area contributed by atoms with Gasteiger partial charge in [-0.15, -0.1) is 0 Å². The maximum absolute atomic E-state index is 12.8. The minimum Gasteiger partial charge on any atom is -0.340 e. The van der Waals surface area contributed by atoms with Gasteiger partial charge in [0.1, 0.15) is 17.8 Å². The van der Waals surface area contributed by atoms with Gasteiger partial charge in [0, 0.05) is 28.5 Å². The zero-order valence-electron chi connectivity index (χ0n) is 13.7. The van der Waals surface area contributed by atoms with Gasteiger partial charge >= 0.3 is 0 Å². The Kier molecular flexibility index (Phi) is 5.40. The number of hydrogen-bond donors (Lipinski definition) is 1. The minimum atomic E-state index is -0.157. The average Bonchev–Trinajstić information content (AvgIpc) is 2.65. The molecule has 1 aromatic heterocycles. The molecule has 0 aliphatic carbocycles. The van der Waals surface area contributed by atoms with Crippen molar-refractivity contribution in [3.63, 3.8) is 0 Å². The predicted molar refractivity (Wildman–Crippen MR) is 103 cm³/mol. The van der Waals surface area contributed by atoms with Crippen molar-refractivity contribution in [1.82, 2.24) is 9.97 Å². The number of benzene rings is 2. The third-order valence-electron chi connectivity index (χ3n) is 3.63. The predicted octanol–water partition coefficient (Wildman–Crippen LogP) is 4.65. The molecular formula is C19H17BrN4O. The number of halogens is 1. The van der Waals surface area contributed by atoms with E-state index in [9.17, 15) is 4.79 Å². The number of amides is 1. The highest BCUT2D eigenvalue weighted by molar-refractivity contribution is 9.10. The number of rotatable bonds is 5. The zero-order valence-corrected chi connectivity index (χ0v) is 15.3. The Balaban J connectivity index is 1.82. The molecule has 6 heteroatoms. The summed E-state index contributed by atoms with van der Waals surface area (Å²) < 4.78 is 0.998. The molecule has 0 saturated carbocycles. The third-order valence-corrected chi connectivity index (χ3v) is 4.16. The van der Waals surface area contributed by atoms with E-state index in [0.29, 0.717) is 18.1 Å². The topological polar surface area (TPSA) is 58.1 Å². The number of nitrogens with one attached hydrogen (secondary N) is 1. The molecule has 0 aliphatic heterocycles. The number of carbonyl (C=O) groups excluding carboxylic acids is 1. The molecule has 0 spiro atoms. The van der Waals surface area contributed by atoms with Gasteiger partial charge in [-0.1, -0.05) is 34.1 Å². The summed E-state index contributed by atoms with van der Waals surface area (Å²) in [6.07, 6.45) is 1.40. The molecule has 2 aromatic carbocycles. The second-order valence-electron chi connectivity index (χ2n) is 5.31. The zero-order chi connectivity index (χ0) is 17.6.